The van der Waals surface area contributed by atoms with Crippen molar-refractivity contribution in [1.82, 2.24) is 10.2 Å². The molecular formula is C23H28Cl2N2O2. The van der Waals surface area contributed by atoms with Crippen LogP contribution in [0, 0.1) is 0 Å². The molecule has 0 aromatic heterocycles. The Hall–Kier alpha value is -2.04. The molecule has 2 rings (SSSR count). The van der Waals surface area contributed by atoms with Crippen molar-refractivity contribution in [1.29, 1.82) is 0 Å². The summed E-state index contributed by atoms with van der Waals surface area (Å²) >= 11 is 12.7. The van der Waals surface area contributed by atoms with E-state index in [1.54, 1.807) is 30.0 Å². The molecule has 2 atom stereocenters. The lowest BCUT2D eigenvalue weighted by Gasteiger charge is -2.32. The van der Waals surface area contributed by atoms with Crippen molar-refractivity contribution in [3.05, 3.63) is 69.7 Å². The second-order valence-electron chi connectivity index (χ2n) is 7.10. The number of carbonyl (C=O) groups excluding carboxylic acids is 2. The number of amides is 2. The molecule has 0 aliphatic rings. The number of nitrogens with zero attached hydrogens (tertiary/aromatic N) is 1. The van der Waals surface area contributed by atoms with E-state index in [4.69, 9.17) is 23.2 Å². The SMILES string of the molecule is CCC(=O)N(Cc1c(Cl)cccc1Cl)C(Cc1ccccc1)C(=O)NC(C)CC. The van der Waals surface area contributed by atoms with E-state index in [-0.39, 0.29) is 30.8 Å². The Kier molecular flexibility index (Phi) is 8.99. The normalized spacial score (nSPS) is 12.9. The molecule has 0 bridgehead atoms. The molecule has 2 aromatic carbocycles. The van der Waals surface area contributed by atoms with Crippen molar-refractivity contribution in [3.8, 4) is 0 Å². The molecule has 2 unspecified atom stereocenters. The van der Waals surface area contributed by atoms with Gasteiger partial charge in [0.05, 0.1) is 0 Å². The fraction of sp³-hybridized carbons (Fsp3) is 0.391. The molecule has 29 heavy (non-hydrogen) atoms. The molecule has 0 spiro atoms. The van der Waals surface area contributed by atoms with Gasteiger partial charge in [-0.05, 0) is 31.0 Å². The van der Waals surface area contributed by atoms with E-state index in [9.17, 15) is 9.59 Å². The van der Waals surface area contributed by atoms with Gasteiger partial charge >= 0.3 is 0 Å². The van der Waals surface area contributed by atoms with Crippen LogP contribution in [0.4, 0.5) is 0 Å². The predicted molar refractivity (Wildman–Crippen MR) is 119 cm³/mol. The third-order valence-corrected chi connectivity index (χ3v) is 5.67. The van der Waals surface area contributed by atoms with E-state index in [1.165, 1.54) is 0 Å². The molecule has 0 saturated carbocycles. The molecule has 0 radical (unpaired) electrons. The molecule has 1 N–H and O–H groups in total. The maximum absolute atomic E-state index is 13.2. The van der Waals surface area contributed by atoms with Crippen LogP contribution < -0.4 is 5.32 Å². The first-order valence-corrected chi connectivity index (χ1v) is 10.7. The molecule has 0 heterocycles. The Balaban J connectivity index is 2.42. The highest BCUT2D eigenvalue weighted by molar-refractivity contribution is 6.36. The van der Waals surface area contributed by atoms with Crippen LogP contribution in [0.5, 0.6) is 0 Å². The van der Waals surface area contributed by atoms with Gasteiger partial charge in [0.2, 0.25) is 11.8 Å². The average Bonchev–Trinajstić information content (AvgIpc) is 2.72. The van der Waals surface area contributed by atoms with Gasteiger partial charge in [-0.2, -0.15) is 0 Å². The quantitative estimate of drug-likeness (QED) is 0.584. The van der Waals surface area contributed by atoms with Crippen LogP contribution in [0.2, 0.25) is 10.0 Å². The largest absolute Gasteiger partial charge is 0.352 e. The minimum Gasteiger partial charge on any atom is -0.352 e. The Morgan fingerprint density at radius 3 is 2.17 bits per heavy atom. The predicted octanol–water partition coefficient (Wildman–Crippen LogP) is 5.26. The van der Waals surface area contributed by atoms with Crippen LogP contribution in [0.15, 0.2) is 48.5 Å². The van der Waals surface area contributed by atoms with E-state index in [2.05, 4.69) is 5.32 Å². The summed E-state index contributed by atoms with van der Waals surface area (Å²) in [5.41, 5.74) is 1.63. The lowest BCUT2D eigenvalue weighted by molar-refractivity contribution is -0.141. The van der Waals surface area contributed by atoms with Crippen molar-refractivity contribution in [2.75, 3.05) is 0 Å². The molecular weight excluding hydrogens is 407 g/mol. The molecule has 2 aromatic rings. The second-order valence-corrected chi connectivity index (χ2v) is 7.91. The monoisotopic (exact) mass is 434 g/mol. The maximum atomic E-state index is 13.2. The highest BCUT2D eigenvalue weighted by Crippen LogP contribution is 2.27. The smallest absolute Gasteiger partial charge is 0.243 e. The molecule has 2 amide bonds. The Labute approximate surface area is 183 Å². The third kappa shape index (κ3) is 6.48. The first-order chi connectivity index (χ1) is 13.9. The first kappa shape index (κ1) is 23.2. The molecule has 0 aliphatic heterocycles. The third-order valence-electron chi connectivity index (χ3n) is 4.96. The number of benzene rings is 2. The van der Waals surface area contributed by atoms with Crippen LogP contribution >= 0.6 is 23.2 Å². The zero-order valence-electron chi connectivity index (χ0n) is 17.1. The number of carbonyl (C=O) groups is 2. The maximum Gasteiger partial charge on any atom is 0.243 e. The van der Waals surface area contributed by atoms with E-state index < -0.39 is 6.04 Å². The van der Waals surface area contributed by atoms with Crippen LogP contribution in [-0.2, 0) is 22.6 Å². The van der Waals surface area contributed by atoms with Gasteiger partial charge in [-0.3, -0.25) is 9.59 Å². The van der Waals surface area contributed by atoms with E-state index in [1.807, 2.05) is 44.2 Å². The lowest BCUT2D eigenvalue weighted by atomic mass is 10.0. The summed E-state index contributed by atoms with van der Waals surface area (Å²) in [7, 11) is 0. The van der Waals surface area contributed by atoms with Gasteiger partial charge in [0.25, 0.3) is 0 Å². The zero-order valence-corrected chi connectivity index (χ0v) is 18.6. The topological polar surface area (TPSA) is 49.4 Å². The first-order valence-electron chi connectivity index (χ1n) is 9.94. The summed E-state index contributed by atoms with van der Waals surface area (Å²) in [4.78, 5) is 27.7. The molecule has 4 nitrogen and oxygen atoms in total. The van der Waals surface area contributed by atoms with Crippen molar-refractivity contribution in [2.24, 2.45) is 0 Å². The molecule has 6 heteroatoms. The molecule has 0 fully saturated rings. The minimum absolute atomic E-state index is 0.0169. The molecule has 156 valence electrons. The van der Waals surface area contributed by atoms with Crippen molar-refractivity contribution < 1.29 is 9.59 Å². The molecule has 0 aliphatic carbocycles. The summed E-state index contributed by atoms with van der Waals surface area (Å²) in [6.07, 6.45) is 1.50. The van der Waals surface area contributed by atoms with Crippen molar-refractivity contribution in [2.45, 2.75) is 58.7 Å². The van der Waals surface area contributed by atoms with Crippen molar-refractivity contribution in [3.63, 3.8) is 0 Å². The van der Waals surface area contributed by atoms with Gasteiger partial charge in [0, 0.05) is 41.0 Å². The summed E-state index contributed by atoms with van der Waals surface area (Å²) in [5, 5.41) is 3.98. The summed E-state index contributed by atoms with van der Waals surface area (Å²) < 4.78 is 0. The Morgan fingerprint density at radius 2 is 1.62 bits per heavy atom. The summed E-state index contributed by atoms with van der Waals surface area (Å²) in [5.74, 6) is -0.297. The van der Waals surface area contributed by atoms with Gasteiger partial charge in [0.15, 0.2) is 0 Å². The number of halogens is 2. The second kappa shape index (κ2) is 11.2. The number of nitrogens with one attached hydrogen (secondary N) is 1. The fourth-order valence-electron chi connectivity index (χ4n) is 3.05. The number of hydrogen-bond acceptors (Lipinski definition) is 2. The minimum atomic E-state index is -0.661. The van der Waals surface area contributed by atoms with E-state index >= 15 is 0 Å². The number of rotatable bonds is 9. The van der Waals surface area contributed by atoms with Gasteiger partial charge in [0.1, 0.15) is 6.04 Å². The van der Waals surface area contributed by atoms with E-state index in [0.717, 1.165) is 12.0 Å². The zero-order chi connectivity index (χ0) is 21.4. The molecule has 0 saturated heterocycles. The summed E-state index contributed by atoms with van der Waals surface area (Å²) in [6, 6.07) is 14.3. The van der Waals surface area contributed by atoms with Crippen molar-refractivity contribution >= 4 is 35.0 Å². The van der Waals surface area contributed by atoms with E-state index in [0.29, 0.717) is 22.0 Å². The van der Waals surface area contributed by atoms with Gasteiger partial charge < -0.3 is 10.2 Å². The highest BCUT2D eigenvalue weighted by atomic mass is 35.5. The van der Waals surface area contributed by atoms with Crippen LogP contribution in [-0.4, -0.2) is 28.8 Å². The van der Waals surface area contributed by atoms with Gasteiger partial charge in [-0.1, -0.05) is 73.4 Å². The van der Waals surface area contributed by atoms with Crippen LogP contribution in [0.1, 0.15) is 44.7 Å². The highest BCUT2D eigenvalue weighted by Gasteiger charge is 2.31. The average molecular weight is 435 g/mol. The Morgan fingerprint density at radius 1 is 1.00 bits per heavy atom. The van der Waals surface area contributed by atoms with Crippen LogP contribution in [0.3, 0.4) is 0 Å². The lowest BCUT2D eigenvalue weighted by Crippen LogP contribution is -2.52. The standard InChI is InChI=1S/C23H28Cl2N2O2/c1-4-16(3)26-23(29)21(14-17-10-7-6-8-11-17)27(22(28)5-2)15-18-19(24)12-9-13-20(18)25/h6-13,16,21H,4-5,14-15H2,1-3H3,(H,26,29). The van der Waals surface area contributed by atoms with Gasteiger partial charge in [-0.15, -0.1) is 0 Å². The van der Waals surface area contributed by atoms with Gasteiger partial charge in [-0.25, -0.2) is 0 Å². The number of hydrogen-bond donors (Lipinski definition) is 1. The fourth-order valence-corrected chi connectivity index (χ4v) is 3.57. The Bertz CT molecular complexity index is 807. The summed E-state index contributed by atoms with van der Waals surface area (Å²) in [6.45, 7) is 5.93. The van der Waals surface area contributed by atoms with Crippen LogP contribution in [0.25, 0.3) is 0 Å².